The topological polar surface area (TPSA) is 27.3 Å². The van der Waals surface area contributed by atoms with Gasteiger partial charge >= 0.3 is 0 Å². The molecule has 2 unspecified atom stereocenters. The van der Waals surface area contributed by atoms with Gasteiger partial charge in [0.1, 0.15) is 11.3 Å². The zero-order valence-corrected chi connectivity index (χ0v) is 13.8. The Morgan fingerprint density at radius 2 is 2.18 bits per heavy atom. The van der Waals surface area contributed by atoms with Crippen LogP contribution in [0.25, 0.3) is 5.03 Å². The van der Waals surface area contributed by atoms with Crippen molar-refractivity contribution in [1.29, 1.82) is 0 Å². The zero-order chi connectivity index (χ0) is 15.3. The van der Waals surface area contributed by atoms with Crippen molar-refractivity contribution in [2.24, 2.45) is 0 Å². The van der Waals surface area contributed by atoms with Crippen molar-refractivity contribution < 1.29 is 4.39 Å². The summed E-state index contributed by atoms with van der Waals surface area (Å²) in [5.41, 5.74) is 2.58. The van der Waals surface area contributed by atoms with E-state index in [1.807, 2.05) is 23.9 Å². The molecule has 6 heteroatoms. The summed E-state index contributed by atoms with van der Waals surface area (Å²) in [6.45, 7) is 4.08. The summed E-state index contributed by atoms with van der Waals surface area (Å²) in [5.74, 6) is -0.223. The Labute approximate surface area is 138 Å². The molecular weight excluding hydrogens is 321 g/mol. The van der Waals surface area contributed by atoms with Gasteiger partial charge in [-0.3, -0.25) is 4.90 Å². The van der Waals surface area contributed by atoms with Gasteiger partial charge in [-0.15, -0.1) is 0 Å². The molecule has 1 aromatic rings. The summed E-state index contributed by atoms with van der Waals surface area (Å²) in [5, 5.41) is 7.48. The van der Waals surface area contributed by atoms with Gasteiger partial charge in [0.05, 0.1) is 6.04 Å². The Balaban J connectivity index is 1.55. The molecule has 0 saturated carbocycles. The minimum atomic E-state index is -0.223. The fourth-order valence-electron chi connectivity index (χ4n) is 2.87. The standard InChI is InChI=1S/C16H17ClFN3S/c1-9-5-13-10(6-12(9)18)11(17)7-14(20-13)15-8-19-16(22-15)21-3-2-4-21/h5-8,14,16,19-20H,2-4H2,1H3. The first-order valence-electron chi connectivity index (χ1n) is 7.43. The Morgan fingerprint density at radius 3 is 2.91 bits per heavy atom. The maximum atomic E-state index is 13.7. The molecule has 0 aromatic heterocycles. The Kier molecular flexibility index (Phi) is 3.59. The molecule has 22 heavy (non-hydrogen) atoms. The Morgan fingerprint density at radius 1 is 1.36 bits per heavy atom. The molecule has 3 aliphatic heterocycles. The van der Waals surface area contributed by atoms with Crippen LogP contribution in [0.2, 0.25) is 0 Å². The molecule has 3 aliphatic rings. The maximum Gasteiger partial charge on any atom is 0.132 e. The van der Waals surface area contributed by atoms with Crippen LogP contribution in [0.1, 0.15) is 17.5 Å². The second-order valence-corrected chi connectivity index (χ2v) is 7.42. The fraction of sp³-hybridized carbons (Fsp3) is 0.375. The van der Waals surface area contributed by atoms with Crippen LogP contribution in [0.4, 0.5) is 10.1 Å². The number of thioether (sulfide) groups is 1. The molecule has 1 fully saturated rings. The average Bonchev–Trinajstić information content (AvgIpc) is 2.88. The molecule has 4 rings (SSSR count). The van der Waals surface area contributed by atoms with Crippen LogP contribution in [-0.4, -0.2) is 29.5 Å². The highest BCUT2D eigenvalue weighted by atomic mass is 35.5. The highest BCUT2D eigenvalue weighted by Gasteiger charge is 2.32. The first-order valence-corrected chi connectivity index (χ1v) is 8.69. The van der Waals surface area contributed by atoms with E-state index in [9.17, 15) is 4.39 Å². The van der Waals surface area contributed by atoms with Crippen LogP contribution in [0.5, 0.6) is 0 Å². The van der Waals surface area contributed by atoms with Gasteiger partial charge in [-0.25, -0.2) is 4.39 Å². The van der Waals surface area contributed by atoms with E-state index in [4.69, 9.17) is 11.6 Å². The molecule has 0 spiro atoms. The van der Waals surface area contributed by atoms with Crippen LogP contribution in [0.15, 0.2) is 29.3 Å². The number of likely N-dealkylation sites (tertiary alicyclic amines) is 1. The highest BCUT2D eigenvalue weighted by molar-refractivity contribution is 8.03. The molecular formula is C16H17ClFN3S. The van der Waals surface area contributed by atoms with Crippen LogP contribution in [0.3, 0.4) is 0 Å². The number of nitrogens with zero attached hydrogens (tertiary/aromatic N) is 1. The lowest BCUT2D eigenvalue weighted by Gasteiger charge is -2.36. The van der Waals surface area contributed by atoms with Crippen molar-refractivity contribution >= 4 is 34.1 Å². The van der Waals surface area contributed by atoms with Gasteiger partial charge in [0.2, 0.25) is 0 Å². The van der Waals surface area contributed by atoms with E-state index in [1.165, 1.54) is 17.4 Å². The number of nitrogens with one attached hydrogen (secondary N) is 2. The molecule has 116 valence electrons. The maximum absolute atomic E-state index is 13.7. The van der Waals surface area contributed by atoms with Gasteiger partial charge in [-0.05, 0) is 37.1 Å². The Bertz CT molecular complexity index is 684. The summed E-state index contributed by atoms with van der Waals surface area (Å²) in [4.78, 5) is 3.62. The van der Waals surface area contributed by atoms with E-state index in [-0.39, 0.29) is 11.9 Å². The van der Waals surface area contributed by atoms with Crippen LogP contribution >= 0.6 is 23.4 Å². The van der Waals surface area contributed by atoms with Crippen molar-refractivity contribution in [2.75, 3.05) is 18.4 Å². The molecule has 0 aliphatic carbocycles. The minimum Gasteiger partial charge on any atom is -0.374 e. The van der Waals surface area contributed by atoms with Crippen LogP contribution in [-0.2, 0) is 0 Å². The smallest absolute Gasteiger partial charge is 0.132 e. The van der Waals surface area contributed by atoms with Crippen LogP contribution < -0.4 is 10.6 Å². The van der Waals surface area contributed by atoms with E-state index in [1.54, 1.807) is 6.92 Å². The normalized spacial score (nSPS) is 27.2. The first-order chi connectivity index (χ1) is 10.6. The van der Waals surface area contributed by atoms with E-state index >= 15 is 0 Å². The fourth-order valence-corrected chi connectivity index (χ4v) is 4.31. The molecule has 3 heterocycles. The van der Waals surface area contributed by atoms with Crippen molar-refractivity contribution in [3.8, 4) is 0 Å². The summed E-state index contributed by atoms with van der Waals surface area (Å²) in [6.07, 6.45) is 5.30. The van der Waals surface area contributed by atoms with Gasteiger partial charge in [-0.2, -0.15) is 0 Å². The number of fused-ring (bicyclic) bond motifs is 1. The number of rotatable bonds is 2. The third-order valence-electron chi connectivity index (χ3n) is 4.32. The van der Waals surface area contributed by atoms with Crippen molar-refractivity contribution in [3.63, 3.8) is 0 Å². The summed E-state index contributed by atoms with van der Waals surface area (Å²) in [6, 6.07) is 3.37. The Hall–Kier alpha value is -1.17. The minimum absolute atomic E-state index is 0.0358. The van der Waals surface area contributed by atoms with Gasteiger partial charge in [0, 0.05) is 40.5 Å². The summed E-state index contributed by atoms with van der Waals surface area (Å²) in [7, 11) is 0. The van der Waals surface area contributed by atoms with Gasteiger partial charge < -0.3 is 10.6 Å². The lowest BCUT2D eigenvalue weighted by atomic mass is 10.0. The second kappa shape index (κ2) is 5.48. The van der Waals surface area contributed by atoms with Gasteiger partial charge in [0.15, 0.2) is 0 Å². The number of hydrogen-bond donors (Lipinski definition) is 2. The van der Waals surface area contributed by atoms with E-state index in [0.717, 1.165) is 24.3 Å². The quantitative estimate of drug-likeness (QED) is 0.861. The number of anilines is 1. The summed E-state index contributed by atoms with van der Waals surface area (Å²) >= 11 is 8.19. The van der Waals surface area contributed by atoms with Crippen molar-refractivity contribution in [3.05, 3.63) is 46.3 Å². The third kappa shape index (κ3) is 2.41. The predicted octanol–water partition coefficient (Wildman–Crippen LogP) is 3.68. The first kappa shape index (κ1) is 14.4. The lowest BCUT2D eigenvalue weighted by Crippen LogP contribution is -2.47. The molecule has 1 saturated heterocycles. The molecule has 2 N–H and O–H groups in total. The summed E-state index contributed by atoms with van der Waals surface area (Å²) < 4.78 is 13.7. The number of aryl methyl sites for hydroxylation is 1. The molecule has 3 nitrogen and oxygen atoms in total. The van der Waals surface area contributed by atoms with E-state index in [0.29, 0.717) is 16.1 Å². The number of hydrogen-bond acceptors (Lipinski definition) is 4. The van der Waals surface area contributed by atoms with E-state index < -0.39 is 0 Å². The number of halogens is 2. The SMILES string of the molecule is Cc1cc2c(cc1F)C(Cl)=CC(C1=CNC(N3CCC3)S1)N2. The predicted molar refractivity (Wildman–Crippen MR) is 91.2 cm³/mol. The second-order valence-electron chi connectivity index (χ2n) is 5.86. The van der Waals surface area contributed by atoms with Crippen molar-refractivity contribution in [1.82, 2.24) is 10.2 Å². The molecule has 0 bridgehead atoms. The molecule has 0 amide bonds. The zero-order valence-electron chi connectivity index (χ0n) is 12.2. The lowest BCUT2D eigenvalue weighted by molar-refractivity contribution is 0.157. The largest absolute Gasteiger partial charge is 0.374 e. The average molecular weight is 338 g/mol. The van der Waals surface area contributed by atoms with Gasteiger partial charge in [0.25, 0.3) is 0 Å². The third-order valence-corrected chi connectivity index (χ3v) is 5.96. The van der Waals surface area contributed by atoms with Crippen molar-refractivity contribution in [2.45, 2.75) is 24.9 Å². The number of benzene rings is 1. The van der Waals surface area contributed by atoms with Gasteiger partial charge in [-0.1, -0.05) is 23.4 Å². The van der Waals surface area contributed by atoms with Crippen LogP contribution in [0, 0.1) is 12.7 Å². The molecule has 1 aromatic carbocycles. The van der Waals surface area contributed by atoms with E-state index in [2.05, 4.69) is 21.7 Å². The highest BCUT2D eigenvalue weighted by Crippen LogP contribution is 2.40. The molecule has 0 radical (unpaired) electrons. The molecule has 2 atom stereocenters. The monoisotopic (exact) mass is 337 g/mol.